The van der Waals surface area contributed by atoms with Crippen LogP contribution in [0.5, 0.6) is 11.5 Å². The summed E-state index contributed by atoms with van der Waals surface area (Å²) in [6.45, 7) is 4.79. The first-order valence-corrected chi connectivity index (χ1v) is 14.5. The van der Waals surface area contributed by atoms with Crippen molar-refractivity contribution in [2.75, 3.05) is 0 Å². The van der Waals surface area contributed by atoms with Crippen molar-refractivity contribution in [2.45, 2.75) is 19.5 Å². The fourth-order valence-electron chi connectivity index (χ4n) is 4.90. The van der Waals surface area contributed by atoms with Crippen molar-refractivity contribution in [1.29, 1.82) is 0 Å². The Hall–Kier alpha value is -2.89. The van der Waals surface area contributed by atoms with E-state index in [4.69, 9.17) is 4.74 Å². The number of hydrogen-bond acceptors (Lipinski definition) is 1. The molecular weight excluding hydrogens is 396 g/mol. The van der Waals surface area contributed by atoms with Crippen LogP contribution in [0.25, 0.3) is 11.1 Å². The minimum absolute atomic E-state index is 0.679. The molecule has 0 unspecified atom stereocenters. The SMILES string of the molecule is C[Si]1c2ccccc2Cc2cc(-c3ccc4c(c3)Oc3ccccc3[Si]4C)ccc21. The van der Waals surface area contributed by atoms with E-state index >= 15 is 0 Å². The highest BCUT2D eigenvalue weighted by molar-refractivity contribution is 6.86. The number of para-hydroxylation sites is 1. The van der Waals surface area contributed by atoms with Gasteiger partial charge in [-0.1, -0.05) is 96.3 Å². The Morgan fingerprint density at radius 1 is 0.567 bits per heavy atom. The van der Waals surface area contributed by atoms with Gasteiger partial charge in [0.15, 0.2) is 0 Å². The quantitative estimate of drug-likeness (QED) is 0.427. The summed E-state index contributed by atoms with van der Waals surface area (Å²) >= 11 is 0. The molecule has 0 fully saturated rings. The van der Waals surface area contributed by atoms with Crippen molar-refractivity contribution < 1.29 is 4.74 Å². The highest BCUT2D eigenvalue weighted by Crippen LogP contribution is 2.30. The van der Waals surface area contributed by atoms with E-state index in [-0.39, 0.29) is 0 Å². The number of rotatable bonds is 1. The third-order valence-electron chi connectivity index (χ3n) is 6.54. The van der Waals surface area contributed by atoms with Gasteiger partial charge in [-0.15, -0.1) is 0 Å². The molecule has 30 heavy (non-hydrogen) atoms. The van der Waals surface area contributed by atoms with Crippen LogP contribution in [0.1, 0.15) is 11.1 Å². The van der Waals surface area contributed by atoms with Crippen molar-refractivity contribution in [3.8, 4) is 22.6 Å². The predicted octanol–water partition coefficient (Wildman–Crippen LogP) is 3.84. The molecule has 0 aliphatic carbocycles. The predicted molar refractivity (Wildman–Crippen MR) is 129 cm³/mol. The van der Waals surface area contributed by atoms with Crippen LogP contribution in [0.15, 0.2) is 84.9 Å². The average Bonchev–Trinajstić information content (AvgIpc) is 2.79. The molecule has 2 radical (unpaired) electrons. The second-order valence-electron chi connectivity index (χ2n) is 8.27. The number of benzene rings is 4. The first-order chi connectivity index (χ1) is 14.7. The van der Waals surface area contributed by atoms with Crippen LogP contribution < -0.4 is 25.5 Å². The normalized spacial score (nSPS) is 14.9. The summed E-state index contributed by atoms with van der Waals surface area (Å²) in [5.74, 6) is 2.06. The highest BCUT2D eigenvalue weighted by Gasteiger charge is 2.26. The monoisotopic (exact) mass is 418 g/mol. The van der Waals surface area contributed by atoms with Gasteiger partial charge in [-0.25, -0.2) is 0 Å². The smallest absolute Gasteiger partial charge is 0.128 e. The lowest BCUT2D eigenvalue weighted by Gasteiger charge is -2.26. The molecule has 6 rings (SSSR count). The molecule has 4 aromatic rings. The minimum atomic E-state index is -0.780. The Morgan fingerprint density at radius 3 is 2.03 bits per heavy atom. The molecule has 2 aliphatic rings. The van der Waals surface area contributed by atoms with E-state index in [0.29, 0.717) is 0 Å². The molecule has 4 aromatic carbocycles. The van der Waals surface area contributed by atoms with Gasteiger partial charge in [0.05, 0.1) is 0 Å². The molecule has 0 N–H and O–H groups in total. The summed E-state index contributed by atoms with van der Waals surface area (Å²) in [4.78, 5) is 0. The van der Waals surface area contributed by atoms with Crippen LogP contribution in [0.4, 0.5) is 0 Å². The first kappa shape index (κ1) is 17.9. The van der Waals surface area contributed by atoms with E-state index in [1.165, 1.54) is 32.6 Å². The third kappa shape index (κ3) is 2.73. The minimum Gasteiger partial charge on any atom is -0.458 e. The maximum absolute atomic E-state index is 6.32. The average molecular weight is 419 g/mol. The standard InChI is InChI=1S/C27H22OSi2/c1-29-24-9-5-3-7-20(24)16-21-15-18(11-13-25(21)29)19-12-14-27-23(17-19)28-22-8-4-6-10-26(22)30(27)2/h3-15,17H,16H2,1-2H3. The summed E-state index contributed by atoms with van der Waals surface area (Å²) in [7, 11) is -1.46. The summed E-state index contributed by atoms with van der Waals surface area (Å²) in [5, 5.41) is 5.87. The van der Waals surface area contributed by atoms with Crippen LogP contribution in [0.2, 0.25) is 13.1 Å². The van der Waals surface area contributed by atoms with Gasteiger partial charge >= 0.3 is 0 Å². The molecule has 0 bridgehead atoms. The number of fused-ring (bicyclic) bond motifs is 4. The lowest BCUT2D eigenvalue weighted by atomic mass is 9.98. The summed E-state index contributed by atoms with van der Waals surface area (Å²) < 4.78 is 6.32. The van der Waals surface area contributed by atoms with Crippen molar-refractivity contribution in [3.05, 3.63) is 96.1 Å². The van der Waals surface area contributed by atoms with Gasteiger partial charge in [-0.2, -0.15) is 0 Å². The zero-order valence-electron chi connectivity index (χ0n) is 17.2. The van der Waals surface area contributed by atoms with Gasteiger partial charge in [0, 0.05) is 0 Å². The van der Waals surface area contributed by atoms with Crippen LogP contribution in [0.3, 0.4) is 0 Å². The van der Waals surface area contributed by atoms with Crippen LogP contribution in [-0.4, -0.2) is 17.6 Å². The van der Waals surface area contributed by atoms with E-state index in [2.05, 4.69) is 98.0 Å². The Kier molecular flexibility index (Phi) is 4.08. The van der Waals surface area contributed by atoms with Gasteiger partial charge < -0.3 is 4.74 Å². The molecule has 0 aromatic heterocycles. The van der Waals surface area contributed by atoms with Crippen molar-refractivity contribution >= 4 is 38.3 Å². The fraction of sp³-hybridized carbons (Fsp3) is 0.111. The number of hydrogen-bond donors (Lipinski definition) is 0. The second-order valence-corrected chi connectivity index (χ2v) is 12.9. The molecule has 2 aliphatic heterocycles. The molecule has 1 nitrogen and oxygen atoms in total. The molecule has 144 valence electrons. The maximum atomic E-state index is 6.32. The van der Waals surface area contributed by atoms with Crippen molar-refractivity contribution in [3.63, 3.8) is 0 Å². The van der Waals surface area contributed by atoms with E-state index in [0.717, 1.165) is 17.9 Å². The van der Waals surface area contributed by atoms with Gasteiger partial charge in [-0.05, 0) is 51.2 Å². The van der Waals surface area contributed by atoms with Gasteiger partial charge in [0.2, 0.25) is 0 Å². The van der Waals surface area contributed by atoms with Gasteiger partial charge in [0.25, 0.3) is 0 Å². The van der Waals surface area contributed by atoms with E-state index in [1.807, 2.05) is 0 Å². The molecule has 0 atom stereocenters. The lowest BCUT2D eigenvalue weighted by molar-refractivity contribution is 0.487. The van der Waals surface area contributed by atoms with Crippen LogP contribution in [0, 0.1) is 0 Å². The molecule has 0 saturated heterocycles. The Labute approximate surface area is 181 Å². The fourth-order valence-corrected chi connectivity index (χ4v) is 9.13. The van der Waals surface area contributed by atoms with E-state index in [1.54, 1.807) is 10.4 Å². The molecular formula is C27H22OSi2. The van der Waals surface area contributed by atoms with Gasteiger partial charge in [0.1, 0.15) is 29.1 Å². The van der Waals surface area contributed by atoms with Gasteiger partial charge in [-0.3, -0.25) is 0 Å². The zero-order valence-corrected chi connectivity index (χ0v) is 19.2. The Balaban J connectivity index is 1.39. The van der Waals surface area contributed by atoms with E-state index < -0.39 is 17.6 Å². The van der Waals surface area contributed by atoms with Crippen molar-refractivity contribution in [2.24, 2.45) is 0 Å². The zero-order chi connectivity index (χ0) is 20.2. The van der Waals surface area contributed by atoms with E-state index in [9.17, 15) is 0 Å². The summed E-state index contributed by atoms with van der Waals surface area (Å²) in [5.41, 5.74) is 5.53. The molecule has 3 heteroatoms. The molecule has 0 amide bonds. The molecule has 0 spiro atoms. The number of ether oxygens (including phenoxy) is 1. The largest absolute Gasteiger partial charge is 0.458 e. The topological polar surface area (TPSA) is 9.23 Å². The Morgan fingerprint density at radius 2 is 1.17 bits per heavy atom. The first-order valence-electron chi connectivity index (χ1n) is 10.5. The summed E-state index contributed by atoms with van der Waals surface area (Å²) in [6.07, 6.45) is 1.04. The maximum Gasteiger partial charge on any atom is 0.128 e. The van der Waals surface area contributed by atoms with Crippen molar-refractivity contribution in [1.82, 2.24) is 0 Å². The van der Waals surface area contributed by atoms with Crippen LogP contribution >= 0.6 is 0 Å². The third-order valence-corrected chi connectivity index (χ3v) is 11.6. The molecule has 0 saturated carbocycles. The summed E-state index contributed by atoms with van der Waals surface area (Å²) in [6, 6.07) is 31.4. The van der Waals surface area contributed by atoms with Crippen LogP contribution in [-0.2, 0) is 6.42 Å². The lowest BCUT2D eigenvalue weighted by Crippen LogP contribution is -2.46. The highest BCUT2D eigenvalue weighted by atomic mass is 28.3. The Bertz CT molecular complexity index is 1190. The second kappa shape index (κ2) is 6.83. The molecule has 2 heterocycles.